The number of imide groups is 1. The minimum atomic E-state index is -0.375. The Bertz CT molecular complexity index is 455. The van der Waals surface area contributed by atoms with Crippen LogP contribution in [0.3, 0.4) is 0 Å². The van der Waals surface area contributed by atoms with Crippen molar-refractivity contribution in [2.75, 3.05) is 5.32 Å². The molecule has 2 N–H and O–H groups in total. The van der Waals surface area contributed by atoms with Gasteiger partial charge < -0.3 is 5.32 Å². The summed E-state index contributed by atoms with van der Waals surface area (Å²) in [5.74, 6) is 0.609. The van der Waals surface area contributed by atoms with E-state index in [4.69, 9.17) is 0 Å². The molecule has 0 aromatic carbocycles. The van der Waals surface area contributed by atoms with E-state index in [1.807, 2.05) is 26.0 Å². The van der Waals surface area contributed by atoms with E-state index in [0.29, 0.717) is 24.6 Å². The summed E-state index contributed by atoms with van der Waals surface area (Å²) in [5.41, 5.74) is 1.16. The number of pyridine rings is 1. The van der Waals surface area contributed by atoms with Crippen LogP contribution in [0.5, 0.6) is 0 Å². The van der Waals surface area contributed by atoms with Gasteiger partial charge in [0.2, 0.25) is 11.8 Å². The highest BCUT2D eigenvalue weighted by Gasteiger charge is 2.26. The molecule has 1 unspecified atom stereocenters. The van der Waals surface area contributed by atoms with Gasteiger partial charge in [0, 0.05) is 12.6 Å². The maximum Gasteiger partial charge on any atom is 0.249 e. The van der Waals surface area contributed by atoms with Crippen molar-refractivity contribution in [2.24, 2.45) is 0 Å². The Morgan fingerprint density at radius 3 is 2.50 bits per heavy atom. The lowest BCUT2D eigenvalue weighted by molar-refractivity contribution is -0.133. The van der Waals surface area contributed by atoms with Crippen molar-refractivity contribution < 1.29 is 9.59 Å². The van der Waals surface area contributed by atoms with Crippen LogP contribution in [0.25, 0.3) is 0 Å². The second-order valence-corrected chi connectivity index (χ2v) is 4.78. The molecule has 1 aromatic heterocycles. The SMILES string of the molecule is CC.CC(C)c1ccc(NC2CCC(=O)NC2=O)nc1. The van der Waals surface area contributed by atoms with Crippen molar-refractivity contribution in [2.45, 2.75) is 52.5 Å². The van der Waals surface area contributed by atoms with Gasteiger partial charge in [-0.25, -0.2) is 4.98 Å². The number of nitrogens with one attached hydrogen (secondary N) is 2. The molecule has 1 saturated heterocycles. The van der Waals surface area contributed by atoms with Crippen LogP contribution in [0, 0.1) is 0 Å². The Morgan fingerprint density at radius 1 is 1.30 bits per heavy atom. The van der Waals surface area contributed by atoms with E-state index < -0.39 is 0 Å². The van der Waals surface area contributed by atoms with E-state index in [-0.39, 0.29) is 17.9 Å². The summed E-state index contributed by atoms with van der Waals surface area (Å²) in [4.78, 5) is 26.8. The molecular weight excluding hydrogens is 254 g/mol. The Kier molecular flexibility index (Phi) is 6.15. The molecule has 1 aromatic rings. The van der Waals surface area contributed by atoms with E-state index >= 15 is 0 Å². The van der Waals surface area contributed by atoms with Crippen LogP contribution in [-0.4, -0.2) is 22.8 Å². The molecule has 5 heteroatoms. The van der Waals surface area contributed by atoms with Gasteiger partial charge in [-0.3, -0.25) is 14.9 Å². The molecular formula is C15H23N3O2. The third-order valence-electron chi connectivity index (χ3n) is 3.01. The van der Waals surface area contributed by atoms with Crippen LogP contribution in [0.4, 0.5) is 5.82 Å². The number of aromatic nitrogens is 1. The number of hydrogen-bond acceptors (Lipinski definition) is 4. The first-order valence-electron chi connectivity index (χ1n) is 7.12. The molecule has 2 heterocycles. The molecule has 20 heavy (non-hydrogen) atoms. The van der Waals surface area contributed by atoms with Crippen LogP contribution in [0.2, 0.25) is 0 Å². The second kappa shape index (κ2) is 7.62. The number of piperidine rings is 1. The molecule has 0 spiro atoms. The zero-order valence-electron chi connectivity index (χ0n) is 12.6. The Balaban J connectivity index is 0.000000956. The van der Waals surface area contributed by atoms with Crippen molar-refractivity contribution in [3.8, 4) is 0 Å². The minimum Gasteiger partial charge on any atom is -0.358 e. The summed E-state index contributed by atoms with van der Waals surface area (Å²) < 4.78 is 0. The standard InChI is InChI=1S/C13H17N3O2.C2H6/c1-8(2)9-3-5-11(14-7-9)15-10-4-6-12(17)16-13(10)18;1-2/h3,5,7-8,10H,4,6H2,1-2H3,(H,14,15)(H,16,17,18);1-2H3. The van der Waals surface area contributed by atoms with Gasteiger partial charge in [0.25, 0.3) is 0 Å². The predicted octanol–water partition coefficient (Wildman–Crippen LogP) is 2.45. The molecule has 110 valence electrons. The third-order valence-corrected chi connectivity index (χ3v) is 3.01. The van der Waals surface area contributed by atoms with Gasteiger partial charge in [-0.2, -0.15) is 0 Å². The summed E-state index contributed by atoms with van der Waals surface area (Å²) in [6.45, 7) is 8.20. The van der Waals surface area contributed by atoms with Gasteiger partial charge in [-0.05, 0) is 24.0 Å². The number of nitrogens with zero attached hydrogens (tertiary/aromatic N) is 1. The number of anilines is 1. The van der Waals surface area contributed by atoms with Crippen LogP contribution < -0.4 is 10.6 Å². The van der Waals surface area contributed by atoms with Crippen LogP contribution in [0.1, 0.15) is 52.0 Å². The molecule has 0 bridgehead atoms. The highest BCUT2D eigenvalue weighted by molar-refractivity contribution is 6.01. The fraction of sp³-hybridized carbons (Fsp3) is 0.533. The normalized spacial score (nSPS) is 18.1. The van der Waals surface area contributed by atoms with E-state index in [9.17, 15) is 9.59 Å². The summed E-state index contributed by atoms with van der Waals surface area (Å²) in [5, 5.41) is 5.35. The van der Waals surface area contributed by atoms with Crippen molar-refractivity contribution >= 4 is 17.6 Å². The van der Waals surface area contributed by atoms with Gasteiger partial charge >= 0.3 is 0 Å². The molecule has 2 rings (SSSR count). The molecule has 0 aliphatic carbocycles. The Morgan fingerprint density at radius 2 is 2.00 bits per heavy atom. The molecule has 0 radical (unpaired) electrons. The van der Waals surface area contributed by atoms with Gasteiger partial charge in [-0.1, -0.05) is 33.8 Å². The average Bonchev–Trinajstić information content (AvgIpc) is 2.45. The topological polar surface area (TPSA) is 71.1 Å². The molecule has 2 amide bonds. The van der Waals surface area contributed by atoms with E-state index in [1.165, 1.54) is 0 Å². The lowest BCUT2D eigenvalue weighted by Gasteiger charge is -2.22. The third kappa shape index (κ3) is 4.33. The lowest BCUT2D eigenvalue weighted by Crippen LogP contribution is -2.47. The maximum absolute atomic E-state index is 11.6. The summed E-state index contributed by atoms with van der Waals surface area (Å²) in [6.07, 6.45) is 2.69. The smallest absolute Gasteiger partial charge is 0.249 e. The Hall–Kier alpha value is -1.91. The molecule has 5 nitrogen and oxygen atoms in total. The summed E-state index contributed by atoms with van der Waals surface area (Å²) in [7, 11) is 0. The van der Waals surface area contributed by atoms with Gasteiger partial charge in [0.15, 0.2) is 0 Å². The van der Waals surface area contributed by atoms with Crippen LogP contribution in [-0.2, 0) is 9.59 Å². The monoisotopic (exact) mass is 277 g/mol. The lowest BCUT2D eigenvalue weighted by atomic mass is 10.1. The quantitative estimate of drug-likeness (QED) is 0.832. The highest BCUT2D eigenvalue weighted by Crippen LogP contribution is 2.16. The van der Waals surface area contributed by atoms with Crippen LogP contribution >= 0.6 is 0 Å². The number of carbonyl (C=O) groups excluding carboxylic acids is 2. The fourth-order valence-electron chi connectivity index (χ4n) is 1.84. The number of hydrogen-bond donors (Lipinski definition) is 2. The number of carbonyl (C=O) groups is 2. The van der Waals surface area contributed by atoms with Crippen molar-refractivity contribution in [3.05, 3.63) is 23.9 Å². The second-order valence-electron chi connectivity index (χ2n) is 4.78. The van der Waals surface area contributed by atoms with E-state index in [0.717, 1.165) is 5.56 Å². The van der Waals surface area contributed by atoms with Crippen molar-refractivity contribution in [3.63, 3.8) is 0 Å². The van der Waals surface area contributed by atoms with E-state index in [2.05, 4.69) is 29.5 Å². The van der Waals surface area contributed by atoms with Gasteiger partial charge in [-0.15, -0.1) is 0 Å². The largest absolute Gasteiger partial charge is 0.358 e. The molecule has 1 aliphatic heterocycles. The average molecular weight is 277 g/mol. The molecule has 1 atom stereocenters. The zero-order chi connectivity index (χ0) is 15.1. The summed E-state index contributed by atoms with van der Waals surface area (Å²) >= 11 is 0. The van der Waals surface area contributed by atoms with Gasteiger partial charge in [0.1, 0.15) is 11.9 Å². The first-order chi connectivity index (χ1) is 9.56. The van der Waals surface area contributed by atoms with Crippen LogP contribution in [0.15, 0.2) is 18.3 Å². The van der Waals surface area contributed by atoms with Gasteiger partial charge in [0.05, 0.1) is 0 Å². The molecule has 0 saturated carbocycles. The fourth-order valence-corrected chi connectivity index (χ4v) is 1.84. The zero-order valence-corrected chi connectivity index (χ0v) is 12.6. The Labute approximate surface area is 120 Å². The van der Waals surface area contributed by atoms with E-state index in [1.54, 1.807) is 6.20 Å². The number of amides is 2. The van der Waals surface area contributed by atoms with Crippen molar-refractivity contribution in [1.82, 2.24) is 10.3 Å². The first kappa shape index (κ1) is 16.1. The van der Waals surface area contributed by atoms with Crippen molar-refractivity contribution in [1.29, 1.82) is 0 Å². The first-order valence-corrected chi connectivity index (χ1v) is 7.12. The predicted molar refractivity (Wildman–Crippen MR) is 79.5 cm³/mol. The molecule has 1 fully saturated rings. The molecule has 1 aliphatic rings. The summed E-state index contributed by atoms with van der Waals surface area (Å²) in [6, 6.07) is 3.48. The minimum absolute atomic E-state index is 0.207. The highest BCUT2D eigenvalue weighted by atomic mass is 16.2. The maximum atomic E-state index is 11.6. The number of rotatable bonds is 3.